The van der Waals surface area contributed by atoms with E-state index in [1.54, 1.807) is 0 Å². The minimum Gasteiger partial charge on any atom is -0.389 e. The highest BCUT2D eigenvalue weighted by Gasteiger charge is 2.07. The van der Waals surface area contributed by atoms with Crippen LogP contribution in [-0.2, 0) is 0 Å². The van der Waals surface area contributed by atoms with Crippen molar-refractivity contribution in [2.24, 2.45) is 11.3 Å². The Bertz CT molecular complexity index is 140. The first-order chi connectivity index (χ1) is 5.31. The van der Waals surface area contributed by atoms with Gasteiger partial charge < -0.3 is 5.11 Å². The fourth-order valence-corrected chi connectivity index (χ4v) is 0.961. The molecular formula is C11H22O. The maximum atomic E-state index is 9.50. The smallest absolute Gasteiger partial charge is 0.0723 e. The van der Waals surface area contributed by atoms with Crippen molar-refractivity contribution in [2.45, 2.75) is 47.1 Å². The lowest BCUT2D eigenvalue weighted by atomic mass is 9.94. The number of aliphatic hydroxyl groups excluding tert-OH is 1. The second-order valence-electron chi connectivity index (χ2n) is 4.92. The molecule has 0 rings (SSSR count). The molecule has 0 aliphatic heterocycles. The van der Waals surface area contributed by atoms with Gasteiger partial charge in [0.2, 0.25) is 0 Å². The Hall–Kier alpha value is -0.300. The summed E-state index contributed by atoms with van der Waals surface area (Å²) < 4.78 is 0. The Morgan fingerprint density at radius 2 is 1.75 bits per heavy atom. The van der Waals surface area contributed by atoms with Gasteiger partial charge in [-0.1, -0.05) is 46.8 Å². The molecule has 0 saturated heterocycles. The lowest BCUT2D eigenvalue weighted by Gasteiger charge is -2.14. The number of hydrogen-bond acceptors (Lipinski definition) is 1. The number of aliphatic hydroxyl groups is 1. The number of rotatable bonds is 3. The Kier molecular flexibility index (Phi) is 4.54. The molecule has 1 N–H and O–H groups in total. The summed E-state index contributed by atoms with van der Waals surface area (Å²) in [5.41, 5.74) is 0.179. The minimum absolute atomic E-state index is 0.179. The molecule has 0 aromatic rings. The van der Waals surface area contributed by atoms with E-state index < -0.39 is 0 Å². The molecule has 0 aromatic carbocycles. The summed E-state index contributed by atoms with van der Waals surface area (Å²) in [4.78, 5) is 0. The first-order valence-electron chi connectivity index (χ1n) is 4.68. The molecule has 0 fully saturated rings. The standard InChI is InChI=1S/C11H22O/c1-9(2)8-10(12)6-7-11(3,4)5/h6-7,9-10,12H,8H2,1-5H3/b7-6+/t10-/m1/s1. The third-order valence-electron chi connectivity index (χ3n) is 1.53. The van der Waals surface area contributed by atoms with E-state index in [9.17, 15) is 5.11 Å². The zero-order chi connectivity index (χ0) is 9.78. The van der Waals surface area contributed by atoms with Crippen LogP contribution in [0.25, 0.3) is 0 Å². The van der Waals surface area contributed by atoms with Gasteiger partial charge in [0.25, 0.3) is 0 Å². The molecule has 0 radical (unpaired) electrons. The van der Waals surface area contributed by atoms with Crippen molar-refractivity contribution in [2.75, 3.05) is 0 Å². The average molecular weight is 170 g/mol. The molecule has 1 atom stereocenters. The Labute approximate surface area is 76.5 Å². The topological polar surface area (TPSA) is 20.2 Å². The summed E-state index contributed by atoms with van der Waals surface area (Å²) >= 11 is 0. The largest absolute Gasteiger partial charge is 0.389 e. The Morgan fingerprint density at radius 3 is 2.08 bits per heavy atom. The van der Waals surface area contributed by atoms with E-state index in [-0.39, 0.29) is 11.5 Å². The predicted molar refractivity (Wildman–Crippen MR) is 54.1 cm³/mol. The zero-order valence-electron chi connectivity index (χ0n) is 8.96. The minimum atomic E-state index is -0.274. The third kappa shape index (κ3) is 7.80. The van der Waals surface area contributed by atoms with Crippen molar-refractivity contribution < 1.29 is 5.11 Å². The summed E-state index contributed by atoms with van der Waals surface area (Å²) in [6, 6.07) is 0. The molecule has 0 aliphatic rings. The molecule has 0 spiro atoms. The van der Waals surface area contributed by atoms with E-state index in [4.69, 9.17) is 0 Å². The van der Waals surface area contributed by atoms with Crippen LogP contribution in [0.2, 0.25) is 0 Å². The van der Waals surface area contributed by atoms with Gasteiger partial charge in [0.15, 0.2) is 0 Å². The van der Waals surface area contributed by atoms with Gasteiger partial charge >= 0.3 is 0 Å². The van der Waals surface area contributed by atoms with Gasteiger partial charge in [0.05, 0.1) is 6.10 Å². The van der Waals surface area contributed by atoms with Gasteiger partial charge in [-0.25, -0.2) is 0 Å². The quantitative estimate of drug-likeness (QED) is 0.646. The zero-order valence-corrected chi connectivity index (χ0v) is 8.96. The second kappa shape index (κ2) is 4.66. The SMILES string of the molecule is CC(C)C[C@H](O)/C=C/C(C)(C)C. The fraction of sp³-hybridized carbons (Fsp3) is 0.818. The average Bonchev–Trinajstić information content (AvgIpc) is 1.80. The highest BCUT2D eigenvalue weighted by atomic mass is 16.3. The van der Waals surface area contributed by atoms with Crippen LogP contribution in [0.1, 0.15) is 41.0 Å². The Balaban J connectivity index is 3.83. The van der Waals surface area contributed by atoms with Crippen LogP contribution in [-0.4, -0.2) is 11.2 Å². The van der Waals surface area contributed by atoms with Crippen molar-refractivity contribution in [3.8, 4) is 0 Å². The molecule has 0 aliphatic carbocycles. The van der Waals surface area contributed by atoms with Crippen molar-refractivity contribution in [3.05, 3.63) is 12.2 Å². The third-order valence-corrected chi connectivity index (χ3v) is 1.53. The monoisotopic (exact) mass is 170 g/mol. The molecule has 0 amide bonds. The van der Waals surface area contributed by atoms with Gasteiger partial charge in [-0.05, 0) is 17.8 Å². The molecule has 0 saturated carbocycles. The molecule has 0 bridgehead atoms. The van der Waals surface area contributed by atoms with Gasteiger partial charge in [-0.2, -0.15) is 0 Å². The summed E-state index contributed by atoms with van der Waals surface area (Å²) in [7, 11) is 0. The van der Waals surface area contributed by atoms with Crippen LogP contribution in [0, 0.1) is 11.3 Å². The summed E-state index contributed by atoms with van der Waals surface area (Å²) in [5, 5.41) is 9.50. The molecule has 72 valence electrons. The number of hydrogen-bond donors (Lipinski definition) is 1. The molecular weight excluding hydrogens is 148 g/mol. The van der Waals surface area contributed by atoms with E-state index in [0.717, 1.165) is 6.42 Å². The van der Waals surface area contributed by atoms with E-state index in [0.29, 0.717) is 5.92 Å². The first kappa shape index (κ1) is 11.7. The van der Waals surface area contributed by atoms with Crippen LogP contribution in [0.4, 0.5) is 0 Å². The van der Waals surface area contributed by atoms with Crippen LogP contribution in [0.5, 0.6) is 0 Å². The maximum Gasteiger partial charge on any atom is 0.0723 e. The summed E-state index contributed by atoms with van der Waals surface area (Å²) in [5.74, 6) is 0.560. The van der Waals surface area contributed by atoms with Crippen LogP contribution in [0.15, 0.2) is 12.2 Å². The molecule has 0 unspecified atom stereocenters. The Morgan fingerprint density at radius 1 is 1.25 bits per heavy atom. The fourth-order valence-electron chi connectivity index (χ4n) is 0.961. The summed E-state index contributed by atoms with van der Waals surface area (Å²) in [6.07, 6.45) is 4.55. The first-order valence-corrected chi connectivity index (χ1v) is 4.68. The van der Waals surface area contributed by atoms with Crippen molar-refractivity contribution in [1.29, 1.82) is 0 Å². The normalized spacial score (nSPS) is 15.9. The van der Waals surface area contributed by atoms with Crippen molar-refractivity contribution in [1.82, 2.24) is 0 Å². The van der Waals surface area contributed by atoms with E-state index in [1.165, 1.54) is 0 Å². The number of allylic oxidation sites excluding steroid dienone is 1. The molecule has 0 heterocycles. The van der Waals surface area contributed by atoms with E-state index in [2.05, 4.69) is 40.7 Å². The lowest BCUT2D eigenvalue weighted by molar-refractivity contribution is 0.193. The van der Waals surface area contributed by atoms with Gasteiger partial charge in [0.1, 0.15) is 0 Å². The van der Waals surface area contributed by atoms with Gasteiger partial charge in [-0.3, -0.25) is 0 Å². The highest BCUT2D eigenvalue weighted by molar-refractivity contribution is 4.96. The van der Waals surface area contributed by atoms with Crippen molar-refractivity contribution in [3.63, 3.8) is 0 Å². The van der Waals surface area contributed by atoms with Crippen molar-refractivity contribution >= 4 is 0 Å². The van der Waals surface area contributed by atoms with Gasteiger partial charge in [0, 0.05) is 0 Å². The van der Waals surface area contributed by atoms with Crippen LogP contribution in [0.3, 0.4) is 0 Å². The maximum absolute atomic E-state index is 9.50. The lowest BCUT2D eigenvalue weighted by Crippen LogP contribution is -2.08. The van der Waals surface area contributed by atoms with Crippen LogP contribution >= 0.6 is 0 Å². The van der Waals surface area contributed by atoms with E-state index >= 15 is 0 Å². The molecule has 1 nitrogen and oxygen atoms in total. The molecule has 12 heavy (non-hydrogen) atoms. The summed E-state index contributed by atoms with van der Waals surface area (Å²) in [6.45, 7) is 10.6. The highest BCUT2D eigenvalue weighted by Crippen LogP contribution is 2.16. The van der Waals surface area contributed by atoms with E-state index in [1.807, 2.05) is 6.08 Å². The molecule has 0 aromatic heterocycles. The second-order valence-corrected chi connectivity index (χ2v) is 4.92. The molecule has 1 heteroatoms. The predicted octanol–water partition coefficient (Wildman–Crippen LogP) is 3.00. The van der Waals surface area contributed by atoms with Gasteiger partial charge in [-0.15, -0.1) is 0 Å². The van der Waals surface area contributed by atoms with Crippen LogP contribution < -0.4 is 0 Å².